The smallest absolute Gasteiger partial charge is 0.410 e. The van der Waals surface area contributed by atoms with Crippen molar-refractivity contribution in [2.45, 2.75) is 71.1 Å². The van der Waals surface area contributed by atoms with Gasteiger partial charge in [0.05, 0.1) is 5.39 Å². The van der Waals surface area contributed by atoms with Gasteiger partial charge in [-0.1, -0.05) is 0 Å². The third kappa shape index (κ3) is 3.47. The van der Waals surface area contributed by atoms with Crippen molar-refractivity contribution in [2.24, 2.45) is 0 Å². The molecule has 1 N–H and O–H groups in total. The molecule has 0 radical (unpaired) electrons. The third-order valence-electron chi connectivity index (χ3n) is 5.38. The molecule has 2 aliphatic rings. The summed E-state index contributed by atoms with van der Waals surface area (Å²) in [7, 11) is 0. The predicted molar refractivity (Wildman–Crippen MR) is 105 cm³/mol. The zero-order valence-corrected chi connectivity index (χ0v) is 16.8. The van der Waals surface area contributed by atoms with Gasteiger partial charge in [-0.2, -0.15) is 0 Å². The van der Waals surface area contributed by atoms with E-state index in [1.54, 1.807) is 6.33 Å². The number of anilines is 1. The minimum Gasteiger partial charge on any atom is -0.444 e. The molecule has 0 bridgehead atoms. The summed E-state index contributed by atoms with van der Waals surface area (Å²) >= 11 is 0. The Balaban J connectivity index is 1.61. The number of nitrogens with one attached hydrogen (secondary N) is 1. The van der Waals surface area contributed by atoms with Crippen LogP contribution in [0.4, 0.5) is 10.6 Å². The van der Waals surface area contributed by atoms with Gasteiger partial charge in [0.25, 0.3) is 0 Å². The molecule has 3 heterocycles. The number of aromatic nitrogens is 3. The minimum absolute atomic E-state index is 0.0457. The van der Waals surface area contributed by atoms with Crippen LogP contribution >= 0.6 is 0 Å². The van der Waals surface area contributed by atoms with E-state index in [9.17, 15) is 4.79 Å². The normalized spacial score (nSPS) is 23.7. The monoisotopic (exact) mass is 371 g/mol. The number of amides is 1. The van der Waals surface area contributed by atoms with E-state index in [0.29, 0.717) is 12.5 Å². The highest BCUT2D eigenvalue weighted by atomic mass is 16.6. The maximum absolute atomic E-state index is 12.6. The van der Waals surface area contributed by atoms with Gasteiger partial charge in [0, 0.05) is 31.4 Å². The van der Waals surface area contributed by atoms with Crippen LogP contribution in [0.5, 0.6) is 0 Å². The molecule has 1 amide bonds. The summed E-state index contributed by atoms with van der Waals surface area (Å²) in [6.07, 6.45) is 5.95. The molecule has 7 heteroatoms. The minimum atomic E-state index is -0.486. The average molecular weight is 371 g/mol. The van der Waals surface area contributed by atoms with Crippen LogP contribution in [0.1, 0.15) is 58.9 Å². The van der Waals surface area contributed by atoms with Gasteiger partial charge in [-0.05, 0) is 58.9 Å². The van der Waals surface area contributed by atoms with Crippen molar-refractivity contribution in [3.8, 4) is 0 Å². The van der Waals surface area contributed by atoms with E-state index in [1.165, 1.54) is 18.4 Å². The van der Waals surface area contributed by atoms with Crippen molar-refractivity contribution in [3.05, 3.63) is 18.1 Å². The largest absolute Gasteiger partial charge is 0.444 e. The van der Waals surface area contributed by atoms with Crippen molar-refractivity contribution in [1.29, 1.82) is 0 Å². The Hall–Kier alpha value is -2.31. The first-order chi connectivity index (χ1) is 12.7. The molecule has 2 aromatic rings. The summed E-state index contributed by atoms with van der Waals surface area (Å²) < 4.78 is 5.59. The van der Waals surface area contributed by atoms with Crippen LogP contribution < -0.4 is 4.90 Å². The number of ether oxygens (including phenoxy) is 1. The molecule has 1 saturated carbocycles. The number of fused-ring (bicyclic) bond motifs is 1. The van der Waals surface area contributed by atoms with Gasteiger partial charge in [-0.15, -0.1) is 0 Å². The molecule has 2 atom stereocenters. The van der Waals surface area contributed by atoms with Gasteiger partial charge >= 0.3 is 6.09 Å². The fraction of sp³-hybridized carbons (Fsp3) is 0.650. The van der Waals surface area contributed by atoms with Crippen molar-refractivity contribution in [2.75, 3.05) is 18.0 Å². The first-order valence-electron chi connectivity index (χ1n) is 9.83. The maximum atomic E-state index is 12.6. The predicted octanol–water partition coefficient (Wildman–Crippen LogP) is 3.67. The molecular formula is C20H29N5O2. The van der Waals surface area contributed by atoms with E-state index < -0.39 is 5.60 Å². The molecule has 0 spiro atoms. The molecule has 27 heavy (non-hydrogen) atoms. The standard InChI is InChI=1S/C20H29N5O2/c1-12-10-25(19(26)27-20(3,4)5)13(2)9-24(12)18-16-15(14-6-7-14)8-21-17(16)22-11-23-18/h8,11-14H,6-7,9-10H2,1-5H3,(H,21,22,23). The zero-order chi connectivity index (χ0) is 19.3. The number of aromatic amines is 1. The van der Waals surface area contributed by atoms with Gasteiger partial charge in [-0.3, -0.25) is 0 Å². The molecule has 1 aliphatic heterocycles. The lowest BCUT2D eigenvalue weighted by atomic mass is 10.1. The van der Waals surface area contributed by atoms with Gasteiger partial charge < -0.3 is 19.5 Å². The zero-order valence-electron chi connectivity index (χ0n) is 16.8. The lowest BCUT2D eigenvalue weighted by Gasteiger charge is -2.44. The Bertz CT molecular complexity index is 852. The molecule has 2 aromatic heterocycles. The number of H-pyrrole nitrogens is 1. The molecule has 1 saturated heterocycles. The molecule has 2 unspecified atom stereocenters. The summed E-state index contributed by atoms with van der Waals surface area (Å²) in [6, 6.07) is 0.193. The summed E-state index contributed by atoms with van der Waals surface area (Å²) in [6.45, 7) is 11.3. The Kier molecular flexibility index (Phi) is 4.28. The lowest BCUT2D eigenvalue weighted by molar-refractivity contribution is 0.0130. The van der Waals surface area contributed by atoms with E-state index in [1.807, 2.05) is 25.7 Å². The first-order valence-corrected chi connectivity index (χ1v) is 9.83. The number of carbonyl (C=O) groups excluding carboxylic acids is 1. The third-order valence-corrected chi connectivity index (χ3v) is 5.38. The van der Waals surface area contributed by atoms with Crippen molar-refractivity contribution >= 4 is 22.9 Å². The van der Waals surface area contributed by atoms with Gasteiger partial charge in [-0.25, -0.2) is 14.8 Å². The topological polar surface area (TPSA) is 74.4 Å². The Labute approximate surface area is 160 Å². The quantitative estimate of drug-likeness (QED) is 0.872. The van der Waals surface area contributed by atoms with E-state index in [2.05, 4.69) is 39.9 Å². The Morgan fingerprint density at radius 3 is 2.59 bits per heavy atom. The highest BCUT2D eigenvalue weighted by Crippen LogP contribution is 2.45. The van der Waals surface area contributed by atoms with Gasteiger partial charge in [0.2, 0.25) is 0 Å². The molecule has 146 valence electrons. The summed E-state index contributed by atoms with van der Waals surface area (Å²) in [5.74, 6) is 1.60. The highest BCUT2D eigenvalue weighted by molar-refractivity contribution is 5.92. The van der Waals surface area contributed by atoms with E-state index in [4.69, 9.17) is 4.74 Å². The lowest BCUT2D eigenvalue weighted by Crippen LogP contribution is -2.59. The second-order valence-corrected chi connectivity index (χ2v) is 8.92. The number of nitrogens with zero attached hydrogens (tertiary/aromatic N) is 4. The van der Waals surface area contributed by atoms with Crippen LogP contribution in [0.2, 0.25) is 0 Å². The first kappa shape index (κ1) is 18.1. The van der Waals surface area contributed by atoms with E-state index >= 15 is 0 Å². The van der Waals surface area contributed by atoms with Gasteiger partial charge in [0.1, 0.15) is 23.4 Å². The van der Waals surface area contributed by atoms with Crippen LogP contribution in [-0.4, -0.2) is 56.7 Å². The maximum Gasteiger partial charge on any atom is 0.410 e. The highest BCUT2D eigenvalue weighted by Gasteiger charge is 2.37. The average Bonchev–Trinajstić information content (AvgIpc) is 3.33. The second kappa shape index (κ2) is 6.39. The van der Waals surface area contributed by atoms with Crippen LogP contribution in [-0.2, 0) is 4.74 Å². The number of carbonyl (C=O) groups is 1. The van der Waals surface area contributed by atoms with Gasteiger partial charge in [0.15, 0.2) is 0 Å². The summed E-state index contributed by atoms with van der Waals surface area (Å²) in [5, 5.41) is 1.14. The molecule has 7 nitrogen and oxygen atoms in total. The van der Waals surface area contributed by atoms with Crippen LogP contribution in [0.3, 0.4) is 0 Å². The number of piperazine rings is 1. The molecule has 4 rings (SSSR count). The fourth-order valence-corrected chi connectivity index (χ4v) is 3.90. The second-order valence-electron chi connectivity index (χ2n) is 8.92. The Morgan fingerprint density at radius 1 is 1.19 bits per heavy atom. The Morgan fingerprint density at radius 2 is 1.93 bits per heavy atom. The van der Waals surface area contributed by atoms with Crippen LogP contribution in [0.25, 0.3) is 11.0 Å². The SMILES string of the molecule is CC1CN(c2ncnc3[nH]cc(C4CC4)c23)C(C)CN1C(=O)OC(C)(C)C. The number of hydrogen-bond acceptors (Lipinski definition) is 5. The van der Waals surface area contributed by atoms with Crippen LogP contribution in [0.15, 0.2) is 12.5 Å². The molecule has 2 fully saturated rings. The van der Waals surface area contributed by atoms with Crippen molar-refractivity contribution in [1.82, 2.24) is 19.9 Å². The number of rotatable bonds is 2. The van der Waals surface area contributed by atoms with Crippen LogP contribution in [0, 0.1) is 0 Å². The van der Waals surface area contributed by atoms with E-state index in [0.717, 1.165) is 23.4 Å². The van der Waals surface area contributed by atoms with E-state index in [-0.39, 0.29) is 18.2 Å². The molecule has 0 aromatic carbocycles. The number of hydrogen-bond donors (Lipinski definition) is 1. The molecular weight excluding hydrogens is 342 g/mol. The van der Waals surface area contributed by atoms with Crippen molar-refractivity contribution in [3.63, 3.8) is 0 Å². The molecule has 1 aliphatic carbocycles. The summed E-state index contributed by atoms with van der Waals surface area (Å²) in [4.78, 5) is 29.1. The van der Waals surface area contributed by atoms with Crippen molar-refractivity contribution < 1.29 is 9.53 Å². The summed E-state index contributed by atoms with van der Waals surface area (Å²) in [5.41, 5.74) is 1.74. The fourth-order valence-electron chi connectivity index (χ4n) is 3.90.